The second-order valence-corrected chi connectivity index (χ2v) is 5.66. The summed E-state index contributed by atoms with van der Waals surface area (Å²) < 4.78 is 7.55. The SMILES string of the molecule is COc1cccc(-c2nc(C3CCCN3)n3ccccc23)c1.Cl. The highest BCUT2D eigenvalue weighted by Gasteiger charge is 2.23. The van der Waals surface area contributed by atoms with Gasteiger partial charge in [0.25, 0.3) is 0 Å². The van der Waals surface area contributed by atoms with E-state index in [1.54, 1.807) is 7.11 Å². The van der Waals surface area contributed by atoms with Gasteiger partial charge < -0.3 is 14.5 Å². The minimum atomic E-state index is 0. The number of fused-ring (bicyclic) bond motifs is 1. The molecule has 3 heterocycles. The number of rotatable bonds is 3. The van der Waals surface area contributed by atoms with Crippen LogP contribution in [0.5, 0.6) is 5.75 Å². The number of hydrogen-bond donors (Lipinski definition) is 1. The maximum atomic E-state index is 5.35. The zero-order valence-electron chi connectivity index (χ0n) is 13.0. The first-order chi connectivity index (χ1) is 10.9. The first-order valence-corrected chi connectivity index (χ1v) is 7.71. The third kappa shape index (κ3) is 2.80. The van der Waals surface area contributed by atoms with Crippen LogP contribution in [-0.4, -0.2) is 23.0 Å². The first-order valence-electron chi connectivity index (χ1n) is 7.71. The summed E-state index contributed by atoms with van der Waals surface area (Å²) in [7, 11) is 1.69. The molecule has 4 rings (SSSR count). The molecule has 23 heavy (non-hydrogen) atoms. The Labute approximate surface area is 141 Å². The number of hydrogen-bond acceptors (Lipinski definition) is 3. The minimum Gasteiger partial charge on any atom is -0.497 e. The number of aromatic nitrogens is 2. The molecule has 1 aromatic carbocycles. The van der Waals surface area contributed by atoms with Crippen LogP contribution >= 0.6 is 12.4 Å². The van der Waals surface area contributed by atoms with E-state index in [0.717, 1.165) is 41.3 Å². The fourth-order valence-electron chi connectivity index (χ4n) is 3.20. The fourth-order valence-corrected chi connectivity index (χ4v) is 3.20. The van der Waals surface area contributed by atoms with Gasteiger partial charge in [0.1, 0.15) is 11.6 Å². The number of imidazole rings is 1. The molecule has 5 heteroatoms. The number of benzene rings is 1. The van der Waals surface area contributed by atoms with Crippen molar-refractivity contribution in [2.24, 2.45) is 0 Å². The molecule has 0 aliphatic carbocycles. The van der Waals surface area contributed by atoms with Crippen LogP contribution in [0.4, 0.5) is 0 Å². The Balaban J connectivity index is 0.00000156. The Kier molecular flexibility index (Phi) is 4.55. The summed E-state index contributed by atoms with van der Waals surface area (Å²) in [4.78, 5) is 4.96. The van der Waals surface area contributed by atoms with Crippen LogP contribution in [0.2, 0.25) is 0 Å². The number of nitrogens with zero attached hydrogens (tertiary/aromatic N) is 2. The van der Waals surface area contributed by atoms with Crippen molar-refractivity contribution in [2.75, 3.05) is 13.7 Å². The Hall–Kier alpha value is -2.04. The molecule has 1 unspecified atom stereocenters. The van der Waals surface area contributed by atoms with Gasteiger partial charge in [-0.2, -0.15) is 0 Å². The molecule has 1 saturated heterocycles. The van der Waals surface area contributed by atoms with Gasteiger partial charge in [-0.25, -0.2) is 4.98 Å². The van der Waals surface area contributed by atoms with Crippen molar-refractivity contribution in [1.29, 1.82) is 0 Å². The molecule has 0 amide bonds. The highest BCUT2D eigenvalue weighted by atomic mass is 35.5. The van der Waals surface area contributed by atoms with Gasteiger partial charge in [-0.05, 0) is 43.7 Å². The molecule has 0 spiro atoms. The van der Waals surface area contributed by atoms with E-state index in [4.69, 9.17) is 9.72 Å². The molecular weight excluding hydrogens is 310 g/mol. The first kappa shape index (κ1) is 15.8. The number of halogens is 1. The number of methoxy groups -OCH3 is 1. The Bertz CT molecular complexity index is 809. The van der Waals surface area contributed by atoms with E-state index in [-0.39, 0.29) is 12.4 Å². The molecule has 1 N–H and O–H groups in total. The highest BCUT2D eigenvalue weighted by molar-refractivity contribution is 5.85. The van der Waals surface area contributed by atoms with Crippen molar-refractivity contribution in [2.45, 2.75) is 18.9 Å². The summed E-state index contributed by atoms with van der Waals surface area (Å²) in [5.74, 6) is 1.96. The van der Waals surface area contributed by atoms with Gasteiger partial charge in [0, 0.05) is 11.8 Å². The van der Waals surface area contributed by atoms with Gasteiger partial charge in [-0.1, -0.05) is 18.2 Å². The smallest absolute Gasteiger partial charge is 0.131 e. The van der Waals surface area contributed by atoms with Crippen LogP contribution in [0.3, 0.4) is 0 Å². The summed E-state index contributed by atoms with van der Waals surface area (Å²) in [6.45, 7) is 1.07. The topological polar surface area (TPSA) is 38.6 Å². The van der Waals surface area contributed by atoms with Crippen LogP contribution in [-0.2, 0) is 0 Å². The van der Waals surface area contributed by atoms with E-state index >= 15 is 0 Å². The van der Waals surface area contributed by atoms with Crippen molar-refractivity contribution < 1.29 is 4.74 Å². The van der Waals surface area contributed by atoms with E-state index in [1.165, 1.54) is 6.42 Å². The third-order valence-electron chi connectivity index (χ3n) is 4.29. The number of nitrogens with one attached hydrogen (secondary N) is 1. The standard InChI is InChI=1S/C18H19N3O.ClH/c1-22-14-7-4-6-13(12-14)17-16-9-2-3-11-21(16)18(20-17)15-8-5-10-19-15;/h2-4,6-7,9,11-12,15,19H,5,8,10H2,1H3;1H. The average Bonchev–Trinajstić information content (AvgIpc) is 3.22. The molecule has 1 fully saturated rings. The zero-order chi connectivity index (χ0) is 14.9. The lowest BCUT2D eigenvalue weighted by molar-refractivity contribution is 0.415. The van der Waals surface area contributed by atoms with Crippen LogP contribution in [0.1, 0.15) is 24.7 Å². The van der Waals surface area contributed by atoms with Crippen LogP contribution in [0.25, 0.3) is 16.8 Å². The maximum Gasteiger partial charge on any atom is 0.131 e. The zero-order valence-corrected chi connectivity index (χ0v) is 13.8. The summed E-state index contributed by atoms with van der Waals surface area (Å²) in [5, 5.41) is 3.54. The van der Waals surface area contributed by atoms with Crippen LogP contribution < -0.4 is 10.1 Å². The summed E-state index contributed by atoms with van der Waals surface area (Å²) in [5.41, 5.74) is 3.25. The number of pyridine rings is 1. The maximum absolute atomic E-state index is 5.35. The summed E-state index contributed by atoms with van der Waals surface area (Å²) in [6.07, 6.45) is 4.45. The molecule has 0 radical (unpaired) electrons. The monoisotopic (exact) mass is 329 g/mol. The van der Waals surface area contributed by atoms with Gasteiger partial charge in [0.15, 0.2) is 0 Å². The molecule has 120 valence electrons. The Morgan fingerprint density at radius 3 is 2.91 bits per heavy atom. The molecular formula is C18H20ClN3O. The van der Waals surface area contributed by atoms with Gasteiger partial charge in [-0.3, -0.25) is 0 Å². The molecule has 1 aliphatic rings. The molecule has 4 nitrogen and oxygen atoms in total. The largest absolute Gasteiger partial charge is 0.497 e. The molecule has 1 atom stereocenters. The predicted molar refractivity (Wildman–Crippen MR) is 94.4 cm³/mol. The molecule has 3 aromatic rings. The number of ether oxygens (including phenoxy) is 1. The van der Waals surface area contributed by atoms with E-state index in [2.05, 4.69) is 40.2 Å². The molecule has 0 saturated carbocycles. The van der Waals surface area contributed by atoms with E-state index in [1.807, 2.05) is 18.2 Å². The van der Waals surface area contributed by atoms with Gasteiger partial charge in [0.05, 0.1) is 24.4 Å². The van der Waals surface area contributed by atoms with Crippen molar-refractivity contribution in [3.05, 3.63) is 54.5 Å². The van der Waals surface area contributed by atoms with Crippen molar-refractivity contribution in [3.8, 4) is 17.0 Å². The third-order valence-corrected chi connectivity index (χ3v) is 4.29. The fraction of sp³-hybridized carbons (Fsp3) is 0.278. The lowest BCUT2D eigenvalue weighted by Gasteiger charge is -2.08. The quantitative estimate of drug-likeness (QED) is 0.793. The molecule has 0 bridgehead atoms. The minimum absolute atomic E-state index is 0. The van der Waals surface area contributed by atoms with Gasteiger partial charge in [-0.15, -0.1) is 12.4 Å². The van der Waals surface area contributed by atoms with E-state index < -0.39 is 0 Å². The van der Waals surface area contributed by atoms with Crippen LogP contribution in [0, 0.1) is 0 Å². The predicted octanol–water partition coefficient (Wildman–Crippen LogP) is 3.86. The van der Waals surface area contributed by atoms with Crippen molar-refractivity contribution in [3.63, 3.8) is 0 Å². The summed E-state index contributed by atoms with van der Waals surface area (Å²) in [6, 6.07) is 14.7. The van der Waals surface area contributed by atoms with Gasteiger partial charge >= 0.3 is 0 Å². The van der Waals surface area contributed by atoms with E-state index in [9.17, 15) is 0 Å². The van der Waals surface area contributed by atoms with Crippen LogP contribution in [0.15, 0.2) is 48.7 Å². The second kappa shape index (κ2) is 6.60. The summed E-state index contributed by atoms with van der Waals surface area (Å²) >= 11 is 0. The van der Waals surface area contributed by atoms with E-state index in [0.29, 0.717) is 6.04 Å². The Morgan fingerprint density at radius 1 is 1.22 bits per heavy atom. The second-order valence-electron chi connectivity index (χ2n) is 5.66. The van der Waals surface area contributed by atoms with Gasteiger partial charge in [0.2, 0.25) is 0 Å². The van der Waals surface area contributed by atoms with Crippen molar-refractivity contribution in [1.82, 2.24) is 14.7 Å². The molecule has 2 aromatic heterocycles. The highest BCUT2D eigenvalue weighted by Crippen LogP contribution is 2.31. The lowest BCUT2D eigenvalue weighted by atomic mass is 10.1. The molecule has 1 aliphatic heterocycles. The lowest BCUT2D eigenvalue weighted by Crippen LogP contribution is -2.15. The van der Waals surface area contributed by atoms with Crippen molar-refractivity contribution >= 4 is 17.9 Å². The normalized spacial score (nSPS) is 17.2. The average molecular weight is 330 g/mol. The Morgan fingerprint density at radius 2 is 2.13 bits per heavy atom.